The van der Waals surface area contributed by atoms with Crippen molar-refractivity contribution in [1.82, 2.24) is 5.32 Å². The maximum atomic E-state index is 11.2. The molecule has 16 heavy (non-hydrogen) atoms. The summed E-state index contributed by atoms with van der Waals surface area (Å²) in [4.78, 5) is 12.9. The van der Waals surface area contributed by atoms with Crippen molar-refractivity contribution < 1.29 is 4.79 Å². The molecule has 84 valence electrons. The molecule has 5 heteroatoms. The number of anilines is 2. The molecule has 0 bridgehead atoms. The summed E-state index contributed by atoms with van der Waals surface area (Å²) in [6.45, 7) is 0.252. The monoisotopic (exact) mass is 218 g/mol. The molecule has 1 aromatic carbocycles. The minimum absolute atomic E-state index is 0.0783. The van der Waals surface area contributed by atoms with E-state index in [-0.39, 0.29) is 12.5 Å². The third kappa shape index (κ3) is 2.64. The molecule has 0 aromatic heterocycles. The second kappa shape index (κ2) is 5.03. The minimum Gasteiger partial charge on any atom is -0.398 e. The summed E-state index contributed by atoms with van der Waals surface area (Å²) in [7, 11) is 3.37. The Bertz CT molecular complexity index is 436. The van der Waals surface area contributed by atoms with Crippen molar-refractivity contribution >= 4 is 17.3 Å². The van der Waals surface area contributed by atoms with Gasteiger partial charge in [-0.15, -0.1) is 0 Å². The molecular formula is C11H14N4O. The number of hydrogen-bond donors (Lipinski definition) is 2. The van der Waals surface area contributed by atoms with Gasteiger partial charge in [0.25, 0.3) is 0 Å². The summed E-state index contributed by atoms with van der Waals surface area (Å²) >= 11 is 0. The van der Waals surface area contributed by atoms with Gasteiger partial charge in [0.1, 0.15) is 6.07 Å². The number of nitrogens with zero attached hydrogens (tertiary/aromatic N) is 2. The summed E-state index contributed by atoms with van der Waals surface area (Å²) in [6, 6.07) is 7.08. The molecule has 5 nitrogen and oxygen atoms in total. The lowest BCUT2D eigenvalue weighted by atomic mass is 10.1. The maximum absolute atomic E-state index is 11.2. The first-order chi connectivity index (χ1) is 7.58. The van der Waals surface area contributed by atoms with E-state index < -0.39 is 0 Å². The van der Waals surface area contributed by atoms with Gasteiger partial charge in [0.05, 0.1) is 17.8 Å². The van der Waals surface area contributed by atoms with Gasteiger partial charge in [-0.25, -0.2) is 0 Å². The summed E-state index contributed by atoms with van der Waals surface area (Å²) in [5, 5.41) is 11.3. The van der Waals surface area contributed by atoms with E-state index in [0.717, 1.165) is 5.69 Å². The number of nitrogens with one attached hydrogen (secondary N) is 1. The van der Waals surface area contributed by atoms with E-state index in [2.05, 4.69) is 5.32 Å². The Balaban J connectivity index is 2.85. The average molecular weight is 218 g/mol. The van der Waals surface area contributed by atoms with E-state index in [1.807, 2.05) is 6.07 Å². The lowest BCUT2D eigenvalue weighted by Gasteiger charge is -2.18. The van der Waals surface area contributed by atoms with Crippen molar-refractivity contribution in [3.8, 4) is 6.07 Å². The molecule has 0 aliphatic rings. The molecule has 1 rings (SSSR count). The number of nitrogens with two attached hydrogens (primary N) is 1. The number of carbonyl (C=O) groups is 1. The van der Waals surface area contributed by atoms with E-state index in [1.54, 1.807) is 37.2 Å². The number of likely N-dealkylation sites (N-methyl/N-ethyl adjacent to an activating group) is 2. The largest absolute Gasteiger partial charge is 0.398 e. The van der Waals surface area contributed by atoms with Crippen LogP contribution in [0.3, 0.4) is 0 Å². The van der Waals surface area contributed by atoms with Gasteiger partial charge < -0.3 is 16.0 Å². The molecule has 0 atom stereocenters. The van der Waals surface area contributed by atoms with Crippen LogP contribution in [0.15, 0.2) is 18.2 Å². The molecule has 0 aliphatic carbocycles. The van der Waals surface area contributed by atoms with E-state index in [0.29, 0.717) is 11.3 Å². The van der Waals surface area contributed by atoms with Crippen molar-refractivity contribution in [2.24, 2.45) is 0 Å². The number of nitrogen functional groups attached to an aromatic ring is 1. The second-order valence-electron chi connectivity index (χ2n) is 3.41. The second-order valence-corrected chi connectivity index (χ2v) is 3.41. The van der Waals surface area contributed by atoms with Crippen LogP contribution >= 0.6 is 0 Å². The standard InChI is InChI=1S/C11H14N4O/c1-14-11(16)7-15(2)9-4-3-8(6-12)10(13)5-9/h3-5H,7,13H2,1-2H3,(H,14,16). The fourth-order valence-corrected chi connectivity index (χ4v) is 1.28. The minimum atomic E-state index is -0.0783. The molecule has 0 aliphatic heterocycles. The number of rotatable bonds is 3. The lowest BCUT2D eigenvalue weighted by molar-refractivity contribution is -0.119. The molecule has 1 aromatic rings. The van der Waals surface area contributed by atoms with Crippen molar-refractivity contribution in [1.29, 1.82) is 5.26 Å². The van der Waals surface area contributed by atoms with Gasteiger partial charge in [-0.05, 0) is 18.2 Å². The van der Waals surface area contributed by atoms with Crippen LogP contribution in [-0.2, 0) is 4.79 Å². The van der Waals surface area contributed by atoms with Crippen molar-refractivity contribution in [3.05, 3.63) is 23.8 Å². The first-order valence-electron chi connectivity index (χ1n) is 4.80. The number of benzene rings is 1. The fraction of sp³-hybridized carbons (Fsp3) is 0.273. The molecule has 1 amide bonds. The highest BCUT2D eigenvalue weighted by molar-refractivity contribution is 5.81. The number of nitriles is 1. The van der Waals surface area contributed by atoms with Crippen LogP contribution < -0.4 is 16.0 Å². The predicted molar refractivity (Wildman–Crippen MR) is 62.9 cm³/mol. The third-order valence-corrected chi connectivity index (χ3v) is 2.26. The van der Waals surface area contributed by atoms with Crippen molar-refractivity contribution in [3.63, 3.8) is 0 Å². The summed E-state index contributed by atoms with van der Waals surface area (Å²) in [5.74, 6) is -0.0783. The lowest BCUT2D eigenvalue weighted by Crippen LogP contribution is -2.32. The van der Waals surface area contributed by atoms with Crippen LogP contribution in [0.2, 0.25) is 0 Å². The Labute approximate surface area is 94.5 Å². The number of amides is 1. The molecule has 0 spiro atoms. The average Bonchev–Trinajstić information content (AvgIpc) is 2.28. The molecular weight excluding hydrogens is 204 g/mol. The number of carbonyl (C=O) groups excluding carboxylic acids is 1. The van der Waals surface area contributed by atoms with Gasteiger partial charge in [0.2, 0.25) is 5.91 Å². The van der Waals surface area contributed by atoms with Gasteiger partial charge in [0, 0.05) is 19.8 Å². The Hall–Kier alpha value is -2.22. The quantitative estimate of drug-likeness (QED) is 0.716. The van der Waals surface area contributed by atoms with E-state index in [1.165, 1.54) is 0 Å². The molecule has 0 saturated heterocycles. The topological polar surface area (TPSA) is 82.2 Å². The third-order valence-electron chi connectivity index (χ3n) is 2.26. The first-order valence-corrected chi connectivity index (χ1v) is 4.80. The van der Waals surface area contributed by atoms with Crippen LogP contribution in [0.25, 0.3) is 0 Å². The Morgan fingerprint density at radius 1 is 1.62 bits per heavy atom. The van der Waals surface area contributed by atoms with Crippen molar-refractivity contribution in [2.75, 3.05) is 31.3 Å². The maximum Gasteiger partial charge on any atom is 0.239 e. The summed E-state index contributed by atoms with van der Waals surface area (Å²) < 4.78 is 0. The van der Waals surface area contributed by atoms with Gasteiger partial charge >= 0.3 is 0 Å². The molecule has 3 N–H and O–H groups in total. The zero-order valence-corrected chi connectivity index (χ0v) is 9.32. The molecule has 0 saturated carbocycles. The fourth-order valence-electron chi connectivity index (χ4n) is 1.28. The van der Waals surface area contributed by atoms with E-state index in [9.17, 15) is 4.79 Å². The summed E-state index contributed by atoms with van der Waals surface area (Å²) in [5.41, 5.74) is 7.35. The van der Waals surface area contributed by atoms with Crippen LogP contribution in [0, 0.1) is 11.3 Å². The molecule has 0 fully saturated rings. The first kappa shape index (κ1) is 11.9. The summed E-state index contributed by atoms with van der Waals surface area (Å²) in [6.07, 6.45) is 0. The van der Waals surface area contributed by atoms with Crippen LogP contribution in [0.1, 0.15) is 5.56 Å². The Morgan fingerprint density at radius 2 is 2.31 bits per heavy atom. The smallest absolute Gasteiger partial charge is 0.239 e. The van der Waals surface area contributed by atoms with E-state index >= 15 is 0 Å². The van der Waals surface area contributed by atoms with Crippen molar-refractivity contribution in [2.45, 2.75) is 0 Å². The van der Waals surface area contributed by atoms with E-state index in [4.69, 9.17) is 11.0 Å². The molecule has 0 radical (unpaired) electrons. The number of hydrogen-bond acceptors (Lipinski definition) is 4. The molecule has 0 heterocycles. The highest BCUT2D eigenvalue weighted by atomic mass is 16.1. The highest BCUT2D eigenvalue weighted by Crippen LogP contribution is 2.19. The Kier molecular flexibility index (Phi) is 3.72. The van der Waals surface area contributed by atoms with Gasteiger partial charge in [-0.1, -0.05) is 0 Å². The van der Waals surface area contributed by atoms with Gasteiger partial charge in [0.15, 0.2) is 0 Å². The van der Waals surface area contributed by atoms with Crippen LogP contribution in [-0.4, -0.2) is 26.5 Å². The predicted octanol–water partition coefficient (Wildman–Crippen LogP) is 0.323. The highest BCUT2D eigenvalue weighted by Gasteiger charge is 2.07. The Morgan fingerprint density at radius 3 is 2.81 bits per heavy atom. The van der Waals surface area contributed by atoms with Gasteiger partial charge in [-0.2, -0.15) is 5.26 Å². The molecule has 0 unspecified atom stereocenters. The van der Waals surface area contributed by atoms with Crippen LogP contribution in [0.5, 0.6) is 0 Å². The SMILES string of the molecule is CNC(=O)CN(C)c1ccc(C#N)c(N)c1. The van der Waals surface area contributed by atoms with Gasteiger partial charge in [-0.3, -0.25) is 4.79 Å². The zero-order valence-electron chi connectivity index (χ0n) is 9.32. The normalized spacial score (nSPS) is 9.31. The van der Waals surface area contributed by atoms with Crippen LogP contribution in [0.4, 0.5) is 11.4 Å². The zero-order chi connectivity index (χ0) is 12.1.